The molecule has 5 atom stereocenters. The van der Waals surface area contributed by atoms with Gasteiger partial charge in [0, 0.05) is 18.7 Å². The Morgan fingerprint density at radius 3 is 2.16 bits per heavy atom. The van der Waals surface area contributed by atoms with Gasteiger partial charge in [0.1, 0.15) is 23.9 Å². The molecular weight excluding hydrogens is 625 g/mol. The summed E-state index contributed by atoms with van der Waals surface area (Å²) >= 11 is 0. The molecule has 0 aliphatic heterocycles. The molecule has 2 aromatic heterocycles. The number of fused-ring (bicyclic) bond motifs is 2. The molecule has 5 aromatic rings. The molecular formula is C41H50N4O3Si. The van der Waals surface area contributed by atoms with E-state index in [0.29, 0.717) is 13.0 Å². The molecule has 7 rings (SSSR count). The van der Waals surface area contributed by atoms with Gasteiger partial charge < -0.3 is 24.2 Å². The first-order chi connectivity index (χ1) is 23.5. The van der Waals surface area contributed by atoms with Crippen molar-refractivity contribution in [3.05, 3.63) is 115 Å². The molecule has 7 nitrogen and oxygen atoms in total. The summed E-state index contributed by atoms with van der Waals surface area (Å²) in [5.41, 5.74) is 3.11. The highest BCUT2D eigenvalue weighted by atomic mass is 28.4. The van der Waals surface area contributed by atoms with Crippen molar-refractivity contribution in [1.29, 1.82) is 0 Å². The molecule has 2 N–H and O–H groups in total. The van der Waals surface area contributed by atoms with Crippen molar-refractivity contribution >= 4 is 35.5 Å². The van der Waals surface area contributed by atoms with E-state index in [9.17, 15) is 5.11 Å². The van der Waals surface area contributed by atoms with Crippen molar-refractivity contribution in [2.75, 3.05) is 11.9 Å². The average molecular weight is 675 g/mol. The Morgan fingerprint density at radius 2 is 1.51 bits per heavy atom. The predicted octanol–water partition coefficient (Wildman–Crippen LogP) is 7.21. The number of nitrogens with one attached hydrogen (secondary N) is 1. The van der Waals surface area contributed by atoms with Crippen molar-refractivity contribution in [3.8, 4) is 0 Å². The summed E-state index contributed by atoms with van der Waals surface area (Å²) in [6.07, 6.45) is 5.34. The maximum atomic E-state index is 12.1. The van der Waals surface area contributed by atoms with E-state index in [0.717, 1.165) is 29.7 Å². The molecule has 0 unspecified atom stereocenters. The first-order valence-electron chi connectivity index (χ1n) is 17.7. The third kappa shape index (κ3) is 6.36. The van der Waals surface area contributed by atoms with E-state index in [-0.39, 0.29) is 23.0 Å². The number of anilines is 1. The summed E-state index contributed by atoms with van der Waals surface area (Å²) in [6.45, 7) is 13.6. The smallest absolute Gasteiger partial charge is 0.261 e. The van der Waals surface area contributed by atoms with E-state index in [1.165, 1.54) is 21.5 Å². The number of aryl methyl sites for hydroxylation is 1. The van der Waals surface area contributed by atoms with Crippen molar-refractivity contribution < 1.29 is 14.3 Å². The molecule has 0 spiro atoms. The van der Waals surface area contributed by atoms with Gasteiger partial charge in [0.05, 0.1) is 29.2 Å². The predicted molar refractivity (Wildman–Crippen MR) is 200 cm³/mol. The van der Waals surface area contributed by atoms with Crippen LogP contribution in [0.1, 0.15) is 77.6 Å². The van der Waals surface area contributed by atoms with Crippen LogP contribution in [0, 0.1) is 5.92 Å². The fourth-order valence-corrected chi connectivity index (χ4v) is 12.9. The Kier molecular flexibility index (Phi) is 9.03. The minimum atomic E-state index is -2.78. The second-order valence-electron chi connectivity index (χ2n) is 15.8. The lowest BCUT2D eigenvalue weighted by Crippen LogP contribution is -2.67. The van der Waals surface area contributed by atoms with Crippen LogP contribution >= 0.6 is 0 Å². The van der Waals surface area contributed by atoms with E-state index >= 15 is 0 Å². The average Bonchev–Trinajstić information content (AvgIpc) is 3.77. The number of hydrogen-bond donors (Lipinski definition) is 2. The van der Waals surface area contributed by atoms with Crippen LogP contribution in [-0.2, 0) is 15.6 Å². The molecule has 2 aliphatic rings. The van der Waals surface area contributed by atoms with Crippen molar-refractivity contribution in [1.82, 2.24) is 14.5 Å². The van der Waals surface area contributed by atoms with Gasteiger partial charge in [-0.1, -0.05) is 106 Å². The lowest BCUT2D eigenvalue weighted by atomic mass is 10.1. The van der Waals surface area contributed by atoms with Crippen LogP contribution in [0.3, 0.4) is 0 Å². The fourth-order valence-electron chi connectivity index (χ4n) is 8.32. The van der Waals surface area contributed by atoms with Gasteiger partial charge in [0.2, 0.25) is 0 Å². The lowest BCUT2D eigenvalue weighted by molar-refractivity contribution is -0.123. The van der Waals surface area contributed by atoms with Gasteiger partial charge in [-0.3, -0.25) is 0 Å². The Balaban J connectivity index is 1.21. The molecule has 0 radical (unpaired) electrons. The molecule has 2 aliphatic carbocycles. The molecule has 3 aromatic carbocycles. The summed E-state index contributed by atoms with van der Waals surface area (Å²) in [5, 5.41) is 19.1. The van der Waals surface area contributed by atoms with Crippen LogP contribution < -0.4 is 15.7 Å². The van der Waals surface area contributed by atoms with Crippen molar-refractivity contribution in [3.63, 3.8) is 0 Å². The van der Waals surface area contributed by atoms with Gasteiger partial charge in [-0.05, 0) is 72.6 Å². The third-order valence-corrected chi connectivity index (χ3v) is 15.5. The van der Waals surface area contributed by atoms with E-state index in [2.05, 4.69) is 154 Å². The van der Waals surface area contributed by atoms with Crippen molar-refractivity contribution in [2.24, 2.45) is 5.92 Å². The molecule has 1 fully saturated rings. The van der Waals surface area contributed by atoms with Crippen molar-refractivity contribution in [2.45, 2.75) is 95.7 Å². The SMILES string of the molecule is CC(C)(C)O[C@@H]1[C@H](CO[Si](c2ccccc2)(c2ccccc2)C(C)(C)C)C[C@@H](n2ccc3c(N[C@H]4CCc5ccccc54)ncnc32)[C@@H]1O. The van der Waals surface area contributed by atoms with Gasteiger partial charge in [0.25, 0.3) is 8.32 Å². The zero-order chi connectivity index (χ0) is 34.4. The molecule has 2 heterocycles. The molecule has 0 amide bonds. The largest absolute Gasteiger partial charge is 0.407 e. The molecule has 256 valence electrons. The molecule has 0 saturated heterocycles. The second kappa shape index (κ2) is 13.1. The second-order valence-corrected chi connectivity index (χ2v) is 20.1. The standard InChI is InChI=1S/C41H50N4O3Si/c1-40(2,3)48-37-29(26-47-49(41(4,5)6,30-16-9-7-10-17-30)31-18-11-8-12-19-31)25-35(36(37)46)45-24-23-33-38(42-27-43-39(33)45)44-34-22-21-28-15-13-14-20-32(28)34/h7-20,23-24,27,29,34-37,46H,21-22,25-26H2,1-6H3,(H,42,43,44)/t29-,34-,35+,36-,37+/m0/s1. The summed E-state index contributed by atoms with van der Waals surface area (Å²) < 4.78 is 16.3. The van der Waals surface area contributed by atoms with Gasteiger partial charge >= 0.3 is 0 Å². The molecule has 1 saturated carbocycles. The number of nitrogens with zero attached hydrogens (tertiary/aromatic N) is 3. The topological polar surface area (TPSA) is 81.4 Å². The minimum absolute atomic E-state index is 0.0345. The minimum Gasteiger partial charge on any atom is -0.407 e. The van der Waals surface area contributed by atoms with E-state index < -0.39 is 26.1 Å². The summed E-state index contributed by atoms with van der Waals surface area (Å²) in [6, 6.07) is 32.2. The van der Waals surface area contributed by atoms with E-state index in [1.54, 1.807) is 6.33 Å². The number of hydrogen-bond acceptors (Lipinski definition) is 6. The maximum Gasteiger partial charge on any atom is 0.261 e. The number of aliphatic hydroxyl groups excluding tert-OH is 1. The highest BCUT2D eigenvalue weighted by Gasteiger charge is 2.52. The highest BCUT2D eigenvalue weighted by Crippen LogP contribution is 2.44. The van der Waals surface area contributed by atoms with Crippen LogP contribution in [-0.4, -0.2) is 52.4 Å². The first kappa shape index (κ1) is 33.7. The summed E-state index contributed by atoms with van der Waals surface area (Å²) in [4.78, 5) is 9.44. The number of ether oxygens (including phenoxy) is 1. The fraction of sp³-hybridized carbons (Fsp3) is 0.415. The first-order valence-corrected chi connectivity index (χ1v) is 19.6. The van der Waals surface area contributed by atoms with Gasteiger partial charge in [-0.25, -0.2) is 9.97 Å². The van der Waals surface area contributed by atoms with Crippen LogP contribution in [0.15, 0.2) is 104 Å². The number of aromatic nitrogens is 3. The molecule has 8 heteroatoms. The molecule has 49 heavy (non-hydrogen) atoms. The number of rotatable bonds is 9. The third-order valence-electron chi connectivity index (χ3n) is 10.5. The Bertz CT molecular complexity index is 1840. The Labute approximate surface area is 291 Å². The van der Waals surface area contributed by atoms with Crippen LogP contribution in [0.4, 0.5) is 5.82 Å². The van der Waals surface area contributed by atoms with Crippen LogP contribution in [0.25, 0.3) is 11.0 Å². The highest BCUT2D eigenvalue weighted by molar-refractivity contribution is 6.99. The number of aliphatic hydroxyl groups is 1. The maximum absolute atomic E-state index is 12.1. The van der Waals surface area contributed by atoms with Gasteiger partial charge in [-0.2, -0.15) is 0 Å². The van der Waals surface area contributed by atoms with Gasteiger partial charge in [0.15, 0.2) is 0 Å². The summed E-state index contributed by atoms with van der Waals surface area (Å²) in [5.74, 6) is 0.791. The van der Waals surface area contributed by atoms with Gasteiger partial charge in [-0.15, -0.1) is 0 Å². The summed E-state index contributed by atoms with van der Waals surface area (Å²) in [7, 11) is -2.78. The zero-order valence-electron chi connectivity index (χ0n) is 29.6. The van der Waals surface area contributed by atoms with Crippen LogP contribution in [0.2, 0.25) is 5.04 Å². The zero-order valence-corrected chi connectivity index (χ0v) is 30.6. The Morgan fingerprint density at radius 1 is 0.857 bits per heavy atom. The van der Waals surface area contributed by atoms with E-state index in [4.69, 9.17) is 14.1 Å². The molecule has 0 bridgehead atoms. The monoisotopic (exact) mass is 674 g/mol. The Hall–Kier alpha value is -3.82. The normalized spacial score (nSPS) is 22.8. The lowest BCUT2D eigenvalue weighted by Gasteiger charge is -2.44. The van der Waals surface area contributed by atoms with Crippen LogP contribution in [0.5, 0.6) is 0 Å². The van der Waals surface area contributed by atoms with E-state index in [1.807, 2.05) is 0 Å². The quantitative estimate of drug-likeness (QED) is 0.161. The number of benzene rings is 3.